The van der Waals surface area contributed by atoms with Crippen LogP contribution < -0.4 is 10.6 Å². The number of amidine groups is 1. The average Bonchev–Trinajstić information content (AvgIpc) is 2.10. The number of amides is 2. The van der Waals surface area contributed by atoms with E-state index in [0.717, 1.165) is 0 Å². The summed E-state index contributed by atoms with van der Waals surface area (Å²) >= 11 is 0. The Morgan fingerprint density at radius 3 is 2.44 bits per heavy atom. The number of allylic oxidation sites excluding steroid dienone is 1. The minimum absolute atomic E-state index is 0.141. The summed E-state index contributed by atoms with van der Waals surface area (Å²) in [6.07, 6.45) is 1.67. The summed E-state index contributed by atoms with van der Waals surface area (Å²) in [5.41, 5.74) is 0.542. The van der Waals surface area contributed by atoms with Gasteiger partial charge in [0.25, 0.3) is 0 Å². The van der Waals surface area contributed by atoms with Crippen LogP contribution >= 0.6 is 0 Å². The summed E-state index contributed by atoms with van der Waals surface area (Å²) in [5, 5.41) is 11.8. The maximum absolute atomic E-state index is 10.4. The molecule has 1 fully saturated rings. The van der Waals surface area contributed by atoms with Crippen molar-refractivity contribution in [3.8, 4) is 0 Å². The Morgan fingerprint density at radius 2 is 2.22 bits per heavy atom. The second kappa shape index (κ2) is 1.89. The molecule has 0 bridgehead atoms. The predicted molar refractivity (Wildman–Crippen MR) is 33.2 cm³/mol. The molecule has 1 aliphatic heterocycles. The zero-order valence-corrected chi connectivity index (χ0v) is 4.99. The fourth-order valence-electron chi connectivity index (χ4n) is 0.613. The fourth-order valence-corrected chi connectivity index (χ4v) is 0.613. The number of nitrogens with one attached hydrogen (secondary N) is 3. The van der Waals surface area contributed by atoms with Gasteiger partial charge in [0.2, 0.25) is 0 Å². The van der Waals surface area contributed by atoms with Crippen molar-refractivity contribution in [1.82, 2.24) is 10.6 Å². The summed E-state index contributed by atoms with van der Waals surface area (Å²) < 4.78 is 0. The molecule has 48 valence electrons. The minimum Gasteiger partial charge on any atom is -0.305 e. The number of carbonyl (C=O) groups is 1. The van der Waals surface area contributed by atoms with Gasteiger partial charge in [0.05, 0.1) is 5.70 Å². The molecule has 0 radical (unpaired) electrons. The van der Waals surface area contributed by atoms with Crippen LogP contribution in [0, 0.1) is 5.41 Å². The van der Waals surface area contributed by atoms with Crippen LogP contribution in [0.5, 0.6) is 0 Å². The van der Waals surface area contributed by atoms with E-state index in [1.165, 1.54) is 0 Å². The van der Waals surface area contributed by atoms with Gasteiger partial charge in [-0.2, -0.15) is 0 Å². The summed E-state index contributed by atoms with van der Waals surface area (Å²) in [7, 11) is 0. The van der Waals surface area contributed by atoms with Crippen molar-refractivity contribution in [3.05, 3.63) is 11.8 Å². The summed E-state index contributed by atoms with van der Waals surface area (Å²) in [4.78, 5) is 10.4. The van der Waals surface area contributed by atoms with Crippen molar-refractivity contribution in [1.29, 1.82) is 5.41 Å². The second-order valence-corrected chi connectivity index (χ2v) is 1.66. The maximum atomic E-state index is 10.4. The normalized spacial score (nSPS) is 22.1. The lowest BCUT2D eigenvalue weighted by Gasteiger charge is -1.88. The Kier molecular flexibility index (Phi) is 1.22. The van der Waals surface area contributed by atoms with E-state index in [1.807, 2.05) is 0 Å². The molecular weight excluding hydrogens is 118 g/mol. The van der Waals surface area contributed by atoms with Gasteiger partial charge in [-0.15, -0.1) is 0 Å². The second-order valence-electron chi connectivity index (χ2n) is 1.66. The van der Waals surface area contributed by atoms with Crippen LogP contribution in [0.2, 0.25) is 0 Å². The van der Waals surface area contributed by atoms with Gasteiger partial charge in [-0.05, 0) is 6.92 Å². The van der Waals surface area contributed by atoms with Crippen molar-refractivity contribution < 1.29 is 4.79 Å². The van der Waals surface area contributed by atoms with E-state index in [9.17, 15) is 4.79 Å². The molecule has 1 aliphatic rings. The number of carbonyl (C=O) groups excluding carboxylic acids is 1. The van der Waals surface area contributed by atoms with Gasteiger partial charge in [-0.25, -0.2) is 4.79 Å². The van der Waals surface area contributed by atoms with E-state index in [1.54, 1.807) is 13.0 Å². The number of hydrogen-bond acceptors (Lipinski definition) is 2. The molecule has 0 spiro atoms. The highest BCUT2D eigenvalue weighted by Gasteiger charge is 2.17. The van der Waals surface area contributed by atoms with E-state index in [-0.39, 0.29) is 11.9 Å². The molecule has 3 N–H and O–H groups in total. The third kappa shape index (κ3) is 0.910. The first-order valence-corrected chi connectivity index (χ1v) is 2.57. The van der Waals surface area contributed by atoms with E-state index >= 15 is 0 Å². The molecule has 4 nitrogen and oxygen atoms in total. The molecule has 1 heterocycles. The molecule has 0 atom stereocenters. The first-order chi connectivity index (χ1) is 4.24. The SMILES string of the molecule is C/C=C1\NC(=O)NC1=N. The van der Waals surface area contributed by atoms with Gasteiger partial charge in [0, 0.05) is 0 Å². The first kappa shape index (κ1) is 5.81. The van der Waals surface area contributed by atoms with Gasteiger partial charge >= 0.3 is 6.03 Å². The van der Waals surface area contributed by atoms with Crippen molar-refractivity contribution in [2.75, 3.05) is 0 Å². The molecule has 2 amide bonds. The molecule has 0 saturated carbocycles. The highest BCUT2D eigenvalue weighted by atomic mass is 16.2. The lowest BCUT2D eigenvalue weighted by atomic mass is 10.4. The highest BCUT2D eigenvalue weighted by Crippen LogP contribution is 1.95. The van der Waals surface area contributed by atoms with E-state index < -0.39 is 0 Å². The molecule has 4 heteroatoms. The van der Waals surface area contributed by atoms with Gasteiger partial charge in [0.15, 0.2) is 0 Å². The third-order valence-electron chi connectivity index (χ3n) is 1.04. The zero-order chi connectivity index (χ0) is 6.85. The van der Waals surface area contributed by atoms with Gasteiger partial charge < -0.3 is 5.32 Å². The number of urea groups is 1. The monoisotopic (exact) mass is 125 g/mol. The summed E-state index contributed by atoms with van der Waals surface area (Å²) in [5.74, 6) is 0.141. The molecule has 9 heavy (non-hydrogen) atoms. The van der Waals surface area contributed by atoms with Crippen LogP contribution in [-0.4, -0.2) is 11.9 Å². The predicted octanol–water partition coefficient (Wildman–Crippen LogP) is 0.180. The van der Waals surface area contributed by atoms with E-state index in [4.69, 9.17) is 5.41 Å². The van der Waals surface area contributed by atoms with Gasteiger partial charge in [-0.3, -0.25) is 10.7 Å². The molecular formula is C5H7N3O. The zero-order valence-electron chi connectivity index (χ0n) is 4.99. The van der Waals surface area contributed by atoms with E-state index in [2.05, 4.69) is 10.6 Å². The van der Waals surface area contributed by atoms with Crippen LogP contribution in [-0.2, 0) is 0 Å². The van der Waals surface area contributed by atoms with Gasteiger partial charge in [-0.1, -0.05) is 6.08 Å². The Labute approximate surface area is 52.5 Å². The maximum Gasteiger partial charge on any atom is 0.324 e. The molecule has 0 aromatic heterocycles. The Morgan fingerprint density at radius 1 is 1.56 bits per heavy atom. The van der Waals surface area contributed by atoms with Crippen LogP contribution in [0.4, 0.5) is 4.79 Å². The molecule has 0 aromatic carbocycles. The molecule has 0 aliphatic carbocycles. The molecule has 1 rings (SSSR count). The summed E-state index contributed by atoms with van der Waals surface area (Å²) in [6, 6.07) is -0.326. The molecule has 0 aromatic rings. The topological polar surface area (TPSA) is 65.0 Å². The van der Waals surface area contributed by atoms with Crippen LogP contribution in [0.15, 0.2) is 11.8 Å². The standard InChI is InChI=1S/C5H7N3O/c1-2-3-4(6)8-5(9)7-3/h2H,1H3,(H3,6,7,8,9)/b3-2-. The van der Waals surface area contributed by atoms with Crippen molar-refractivity contribution in [3.63, 3.8) is 0 Å². The Hall–Kier alpha value is -1.32. The lowest BCUT2D eigenvalue weighted by Crippen LogP contribution is -2.21. The summed E-state index contributed by atoms with van der Waals surface area (Å²) in [6.45, 7) is 1.76. The molecule has 1 saturated heterocycles. The Bertz CT molecular complexity index is 194. The highest BCUT2D eigenvalue weighted by molar-refractivity contribution is 6.13. The quantitative estimate of drug-likeness (QED) is 0.425. The number of rotatable bonds is 0. The first-order valence-electron chi connectivity index (χ1n) is 2.57. The van der Waals surface area contributed by atoms with Crippen molar-refractivity contribution in [2.45, 2.75) is 6.92 Å². The minimum atomic E-state index is -0.326. The third-order valence-corrected chi connectivity index (χ3v) is 1.04. The Balaban J connectivity index is 2.81. The van der Waals surface area contributed by atoms with Crippen LogP contribution in [0.1, 0.15) is 6.92 Å². The van der Waals surface area contributed by atoms with E-state index in [0.29, 0.717) is 5.70 Å². The largest absolute Gasteiger partial charge is 0.324 e. The van der Waals surface area contributed by atoms with Crippen molar-refractivity contribution in [2.24, 2.45) is 0 Å². The van der Waals surface area contributed by atoms with Crippen molar-refractivity contribution >= 4 is 11.9 Å². The smallest absolute Gasteiger partial charge is 0.305 e. The van der Waals surface area contributed by atoms with Gasteiger partial charge in [0.1, 0.15) is 5.84 Å². The van der Waals surface area contributed by atoms with Crippen LogP contribution in [0.25, 0.3) is 0 Å². The lowest BCUT2D eigenvalue weighted by molar-refractivity contribution is 0.250. The number of hydrogen-bond donors (Lipinski definition) is 3. The van der Waals surface area contributed by atoms with Crippen LogP contribution in [0.3, 0.4) is 0 Å². The average molecular weight is 125 g/mol. The molecule has 0 unspecified atom stereocenters. The fraction of sp³-hybridized carbons (Fsp3) is 0.200.